The topological polar surface area (TPSA) is 68.7 Å². The molecule has 1 aromatic heterocycles. The summed E-state index contributed by atoms with van der Waals surface area (Å²) in [6.45, 7) is 1.13. The van der Waals surface area contributed by atoms with Crippen LogP contribution in [0.25, 0.3) is 22.4 Å². The number of pyridine rings is 1. The van der Waals surface area contributed by atoms with Crippen LogP contribution >= 0.6 is 0 Å². The first-order valence-electron chi connectivity index (χ1n) is 13.9. The highest BCUT2D eigenvalue weighted by Crippen LogP contribution is 2.45. The van der Waals surface area contributed by atoms with Gasteiger partial charge in [-0.25, -0.2) is 4.79 Å². The highest BCUT2D eigenvalue weighted by atomic mass is 16.6. The molecule has 2 fully saturated rings. The van der Waals surface area contributed by atoms with Crippen molar-refractivity contribution < 1.29 is 19.1 Å². The number of amides is 1. The Morgan fingerprint density at radius 2 is 1.43 bits per heavy atom. The largest absolute Gasteiger partial charge is 0.448 e. The second kappa shape index (κ2) is 10.4. The van der Waals surface area contributed by atoms with Crippen LogP contribution in [0, 0.1) is 5.92 Å². The molecule has 0 N–H and O–H groups in total. The maximum absolute atomic E-state index is 13.5. The van der Waals surface area contributed by atoms with Crippen LogP contribution in [-0.2, 0) is 9.47 Å². The number of benzene rings is 3. The average molecular weight is 531 g/mol. The number of carbonyl (C=O) groups is 2. The van der Waals surface area contributed by atoms with Crippen molar-refractivity contribution >= 4 is 11.9 Å². The average Bonchev–Trinajstić information content (AvgIpc) is 3.33. The van der Waals surface area contributed by atoms with Crippen LogP contribution in [0.2, 0.25) is 0 Å². The number of hydrogen-bond acceptors (Lipinski definition) is 5. The Bertz CT molecular complexity index is 1490. The monoisotopic (exact) mass is 530 g/mol. The van der Waals surface area contributed by atoms with Crippen LogP contribution in [0.4, 0.5) is 4.79 Å². The number of ether oxygens (including phenoxy) is 2. The van der Waals surface area contributed by atoms with Crippen LogP contribution in [0.5, 0.6) is 0 Å². The second-order valence-corrected chi connectivity index (χ2v) is 10.9. The first-order valence-corrected chi connectivity index (χ1v) is 13.9. The maximum atomic E-state index is 13.5. The summed E-state index contributed by atoms with van der Waals surface area (Å²) < 4.78 is 11.8. The molecule has 2 saturated heterocycles. The minimum Gasteiger partial charge on any atom is -0.448 e. The van der Waals surface area contributed by atoms with Gasteiger partial charge in [0.15, 0.2) is 5.78 Å². The summed E-state index contributed by atoms with van der Waals surface area (Å²) in [4.78, 5) is 33.2. The van der Waals surface area contributed by atoms with Gasteiger partial charge in [-0.15, -0.1) is 0 Å². The van der Waals surface area contributed by atoms with Crippen LogP contribution < -0.4 is 0 Å². The van der Waals surface area contributed by atoms with Crippen molar-refractivity contribution in [1.82, 2.24) is 9.88 Å². The Morgan fingerprint density at radius 1 is 0.800 bits per heavy atom. The number of morpholine rings is 1. The molecule has 4 aromatic rings. The van der Waals surface area contributed by atoms with Crippen LogP contribution in [0.15, 0.2) is 97.2 Å². The summed E-state index contributed by atoms with van der Waals surface area (Å²) in [5.74, 6) is -0.0190. The van der Waals surface area contributed by atoms with Crippen molar-refractivity contribution in [3.63, 3.8) is 0 Å². The van der Waals surface area contributed by atoms with Crippen molar-refractivity contribution in [2.24, 2.45) is 5.92 Å². The van der Waals surface area contributed by atoms with Gasteiger partial charge in [0.25, 0.3) is 0 Å². The van der Waals surface area contributed by atoms with E-state index in [1.807, 2.05) is 71.6 Å². The van der Waals surface area contributed by atoms with Gasteiger partial charge in [-0.05, 0) is 47.2 Å². The SMILES string of the molecule is O=C(c1ccc(-c2ccccn2)cc1)C1CC2COCC(C1)N2C(=O)OCC1c2ccccc2-c2ccccc21. The summed E-state index contributed by atoms with van der Waals surface area (Å²) in [6.07, 6.45) is 2.59. The molecule has 3 heterocycles. The molecule has 40 heavy (non-hydrogen) atoms. The summed E-state index contributed by atoms with van der Waals surface area (Å²) in [5.41, 5.74) is 7.35. The van der Waals surface area contributed by atoms with Gasteiger partial charge in [0, 0.05) is 29.2 Å². The zero-order valence-electron chi connectivity index (χ0n) is 22.1. The molecule has 2 atom stereocenters. The molecule has 3 aliphatic rings. The Hall–Kier alpha value is -4.29. The van der Waals surface area contributed by atoms with E-state index >= 15 is 0 Å². The number of Topliss-reactive ketones (excluding diaryl/α,β-unsaturated/α-hetero) is 1. The molecule has 0 spiro atoms. The third-order valence-corrected chi connectivity index (χ3v) is 8.57. The van der Waals surface area contributed by atoms with Gasteiger partial charge >= 0.3 is 6.09 Å². The lowest BCUT2D eigenvalue weighted by Gasteiger charge is -2.47. The molecular formula is C34H30N2O4. The van der Waals surface area contributed by atoms with E-state index < -0.39 is 0 Å². The zero-order valence-corrected chi connectivity index (χ0v) is 22.1. The number of fused-ring (bicyclic) bond motifs is 5. The fourth-order valence-electron chi connectivity index (χ4n) is 6.67. The van der Waals surface area contributed by atoms with Gasteiger partial charge in [-0.1, -0.05) is 78.9 Å². The van der Waals surface area contributed by atoms with E-state index in [1.54, 1.807) is 6.20 Å². The summed E-state index contributed by atoms with van der Waals surface area (Å²) in [5, 5.41) is 0. The van der Waals surface area contributed by atoms with Gasteiger partial charge in [0.1, 0.15) is 6.61 Å². The van der Waals surface area contributed by atoms with E-state index in [-0.39, 0.29) is 42.4 Å². The molecule has 2 bridgehead atoms. The third-order valence-electron chi connectivity index (χ3n) is 8.57. The molecule has 3 aromatic carbocycles. The fraction of sp³-hybridized carbons (Fsp3) is 0.265. The lowest BCUT2D eigenvalue weighted by molar-refractivity contribution is -0.0747. The third kappa shape index (κ3) is 4.38. The fourth-order valence-corrected chi connectivity index (χ4v) is 6.67. The number of ketones is 1. The standard InChI is InChI=1S/C34H30N2O4/c37-33(23-14-12-22(13-15-23)32-11-5-6-16-35-32)24-17-25-19-39-20-26(18-24)36(25)34(38)40-21-31-29-9-3-1-7-27(29)28-8-2-4-10-30(28)31/h1-16,24-26,31H,17-21H2. The minimum atomic E-state index is -0.314. The second-order valence-electron chi connectivity index (χ2n) is 10.9. The normalized spacial score (nSPS) is 21.4. The van der Waals surface area contributed by atoms with Crippen LogP contribution in [0.1, 0.15) is 40.2 Å². The van der Waals surface area contributed by atoms with Crippen molar-refractivity contribution in [1.29, 1.82) is 0 Å². The van der Waals surface area contributed by atoms with Crippen LogP contribution in [-0.4, -0.2) is 53.7 Å². The Kier molecular flexibility index (Phi) is 6.40. The van der Waals surface area contributed by atoms with Gasteiger partial charge in [0.05, 0.1) is 31.0 Å². The van der Waals surface area contributed by atoms with E-state index in [9.17, 15) is 9.59 Å². The predicted molar refractivity (Wildman–Crippen MR) is 152 cm³/mol. The van der Waals surface area contributed by atoms with Gasteiger partial charge in [-0.3, -0.25) is 14.7 Å². The van der Waals surface area contributed by atoms with Crippen molar-refractivity contribution in [3.05, 3.63) is 114 Å². The summed E-state index contributed by atoms with van der Waals surface area (Å²) >= 11 is 0. The Balaban J connectivity index is 1.03. The quantitative estimate of drug-likeness (QED) is 0.281. The number of aromatic nitrogens is 1. The summed E-state index contributed by atoms with van der Waals surface area (Å²) in [6, 6.07) is 29.8. The van der Waals surface area contributed by atoms with Gasteiger partial charge in [-0.2, -0.15) is 0 Å². The minimum absolute atomic E-state index is 0.0145. The van der Waals surface area contributed by atoms with Crippen molar-refractivity contribution in [2.75, 3.05) is 19.8 Å². The van der Waals surface area contributed by atoms with Gasteiger partial charge < -0.3 is 9.47 Å². The van der Waals surface area contributed by atoms with Crippen molar-refractivity contribution in [3.8, 4) is 22.4 Å². The van der Waals surface area contributed by atoms with E-state index in [0.29, 0.717) is 31.6 Å². The Morgan fingerprint density at radius 3 is 2.05 bits per heavy atom. The highest BCUT2D eigenvalue weighted by molar-refractivity contribution is 5.98. The Labute approximate surface area is 233 Å². The molecule has 2 unspecified atom stereocenters. The number of rotatable bonds is 5. The predicted octanol–water partition coefficient (Wildman–Crippen LogP) is 6.36. The molecule has 6 heteroatoms. The molecule has 6 nitrogen and oxygen atoms in total. The lowest BCUT2D eigenvalue weighted by atomic mass is 9.80. The molecule has 200 valence electrons. The zero-order chi connectivity index (χ0) is 27.1. The smallest absolute Gasteiger partial charge is 0.410 e. The number of nitrogens with zero attached hydrogens (tertiary/aromatic N) is 2. The van der Waals surface area contributed by atoms with Crippen LogP contribution in [0.3, 0.4) is 0 Å². The first kappa shape index (κ1) is 24.7. The molecule has 0 saturated carbocycles. The van der Waals surface area contributed by atoms with E-state index in [4.69, 9.17) is 9.47 Å². The van der Waals surface area contributed by atoms with E-state index in [2.05, 4.69) is 29.2 Å². The number of hydrogen-bond donors (Lipinski definition) is 0. The molecule has 7 rings (SSSR count). The maximum Gasteiger partial charge on any atom is 0.410 e. The highest BCUT2D eigenvalue weighted by Gasteiger charge is 2.45. The molecule has 0 radical (unpaired) electrons. The van der Waals surface area contributed by atoms with Crippen molar-refractivity contribution in [2.45, 2.75) is 30.8 Å². The molecule has 1 aliphatic carbocycles. The van der Waals surface area contributed by atoms with E-state index in [1.165, 1.54) is 22.3 Å². The molecular weight excluding hydrogens is 500 g/mol. The molecule has 2 aliphatic heterocycles. The first-order chi connectivity index (χ1) is 19.7. The molecule has 1 amide bonds. The van der Waals surface area contributed by atoms with Gasteiger partial charge in [0.2, 0.25) is 0 Å². The number of carbonyl (C=O) groups excluding carboxylic acids is 2. The number of piperidine rings is 1. The summed E-state index contributed by atoms with van der Waals surface area (Å²) in [7, 11) is 0. The lowest BCUT2D eigenvalue weighted by Crippen LogP contribution is -2.60. The van der Waals surface area contributed by atoms with E-state index in [0.717, 1.165) is 11.3 Å².